The summed E-state index contributed by atoms with van der Waals surface area (Å²) in [5.74, 6) is 1.05. The SMILES string of the molecule is CC1CNC(C2CCCCC2)CN1C1C=CS(=O)(=O)C1. The highest BCUT2D eigenvalue weighted by molar-refractivity contribution is 7.94. The molecule has 2 heterocycles. The molecule has 0 radical (unpaired) electrons. The minimum absolute atomic E-state index is 0.0863. The molecule has 1 aliphatic carbocycles. The fourth-order valence-corrected chi connectivity index (χ4v) is 5.30. The van der Waals surface area contributed by atoms with Crippen LogP contribution in [0.1, 0.15) is 39.0 Å². The van der Waals surface area contributed by atoms with Crippen LogP contribution in [0.2, 0.25) is 0 Å². The van der Waals surface area contributed by atoms with Crippen LogP contribution in [0.15, 0.2) is 11.5 Å². The topological polar surface area (TPSA) is 49.4 Å². The van der Waals surface area contributed by atoms with Gasteiger partial charge in [-0.25, -0.2) is 8.42 Å². The molecule has 0 spiro atoms. The lowest BCUT2D eigenvalue weighted by molar-refractivity contribution is 0.0893. The third kappa shape index (κ3) is 3.10. The summed E-state index contributed by atoms with van der Waals surface area (Å²) in [7, 11) is -2.95. The van der Waals surface area contributed by atoms with Crippen LogP contribution in [0.25, 0.3) is 0 Å². The second-order valence-corrected chi connectivity index (χ2v) is 8.62. The highest BCUT2D eigenvalue weighted by Gasteiger charge is 2.36. The molecule has 0 aromatic carbocycles. The minimum atomic E-state index is -2.95. The lowest BCUT2D eigenvalue weighted by Gasteiger charge is -2.44. The van der Waals surface area contributed by atoms with Crippen molar-refractivity contribution in [2.24, 2.45) is 5.92 Å². The van der Waals surface area contributed by atoms with Gasteiger partial charge in [-0.3, -0.25) is 4.90 Å². The van der Waals surface area contributed by atoms with Crippen molar-refractivity contribution in [3.63, 3.8) is 0 Å². The third-order valence-corrected chi connectivity index (χ3v) is 6.58. The predicted molar refractivity (Wildman–Crippen MR) is 81.2 cm³/mol. The molecule has 3 rings (SSSR count). The first-order chi connectivity index (χ1) is 9.55. The van der Waals surface area contributed by atoms with E-state index in [4.69, 9.17) is 0 Å². The molecule has 0 bridgehead atoms. The Hall–Kier alpha value is -0.390. The quantitative estimate of drug-likeness (QED) is 0.840. The minimum Gasteiger partial charge on any atom is -0.311 e. The molecule has 3 aliphatic rings. The van der Waals surface area contributed by atoms with E-state index < -0.39 is 9.84 Å². The van der Waals surface area contributed by atoms with E-state index in [1.807, 2.05) is 6.08 Å². The molecular weight excluding hydrogens is 272 g/mol. The van der Waals surface area contributed by atoms with Gasteiger partial charge in [-0.2, -0.15) is 0 Å². The summed E-state index contributed by atoms with van der Waals surface area (Å²) >= 11 is 0. The Balaban J connectivity index is 1.66. The van der Waals surface area contributed by atoms with E-state index in [9.17, 15) is 8.42 Å². The maximum atomic E-state index is 11.6. The van der Waals surface area contributed by atoms with Crippen molar-refractivity contribution in [1.82, 2.24) is 10.2 Å². The molecular formula is C15H26N2O2S. The van der Waals surface area contributed by atoms with E-state index in [1.165, 1.54) is 37.5 Å². The molecule has 0 amide bonds. The number of sulfone groups is 1. The van der Waals surface area contributed by atoms with Crippen LogP contribution in [0.5, 0.6) is 0 Å². The van der Waals surface area contributed by atoms with Gasteiger partial charge in [-0.1, -0.05) is 25.3 Å². The lowest BCUT2D eigenvalue weighted by atomic mass is 9.82. The molecule has 0 aromatic rings. The molecule has 4 nitrogen and oxygen atoms in total. The van der Waals surface area contributed by atoms with Crippen molar-refractivity contribution < 1.29 is 8.42 Å². The fraction of sp³-hybridized carbons (Fsp3) is 0.867. The smallest absolute Gasteiger partial charge is 0.173 e. The average molecular weight is 298 g/mol. The van der Waals surface area contributed by atoms with E-state index in [-0.39, 0.29) is 11.8 Å². The molecule has 0 aromatic heterocycles. The Morgan fingerprint density at radius 3 is 2.60 bits per heavy atom. The normalized spacial score (nSPS) is 39.1. The molecule has 1 saturated heterocycles. The Labute approximate surface area is 122 Å². The monoisotopic (exact) mass is 298 g/mol. The van der Waals surface area contributed by atoms with Crippen LogP contribution in [0.3, 0.4) is 0 Å². The zero-order chi connectivity index (χ0) is 14.2. The third-order valence-electron chi connectivity index (χ3n) is 5.21. The molecule has 3 unspecified atom stereocenters. The van der Waals surface area contributed by atoms with Crippen molar-refractivity contribution >= 4 is 9.84 Å². The van der Waals surface area contributed by atoms with E-state index >= 15 is 0 Å². The summed E-state index contributed by atoms with van der Waals surface area (Å²) in [6, 6.07) is 1.05. The van der Waals surface area contributed by atoms with Crippen LogP contribution in [0, 0.1) is 5.92 Å². The van der Waals surface area contributed by atoms with Crippen LogP contribution in [0.4, 0.5) is 0 Å². The van der Waals surface area contributed by atoms with Crippen LogP contribution < -0.4 is 5.32 Å². The number of hydrogen-bond acceptors (Lipinski definition) is 4. The highest BCUT2D eigenvalue weighted by atomic mass is 32.2. The molecule has 1 saturated carbocycles. The van der Waals surface area contributed by atoms with E-state index in [2.05, 4.69) is 17.1 Å². The van der Waals surface area contributed by atoms with Crippen LogP contribution in [-0.4, -0.2) is 50.3 Å². The zero-order valence-corrected chi connectivity index (χ0v) is 13.1. The number of piperazine rings is 1. The summed E-state index contributed by atoms with van der Waals surface area (Å²) in [5.41, 5.74) is 0. The summed E-state index contributed by atoms with van der Waals surface area (Å²) in [4.78, 5) is 2.40. The molecule has 5 heteroatoms. The van der Waals surface area contributed by atoms with Crippen molar-refractivity contribution in [2.75, 3.05) is 18.8 Å². The first-order valence-electron chi connectivity index (χ1n) is 7.95. The van der Waals surface area contributed by atoms with E-state index in [1.54, 1.807) is 0 Å². The van der Waals surface area contributed by atoms with Crippen molar-refractivity contribution in [1.29, 1.82) is 0 Å². The summed E-state index contributed by atoms with van der Waals surface area (Å²) in [6.07, 6.45) is 8.64. The number of nitrogens with one attached hydrogen (secondary N) is 1. The van der Waals surface area contributed by atoms with Gasteiger partial charge < -0.3 is 5.32 Å². The Morgan fingerprint density at radius 2 is 1.95 bits per heavy atom. The maximum Gasteiger partial charge on any atom is 0.173 e. The van der Waals surface area contributed by atoms with Gasteiger partial charge in [0.1, 0.15) is 0 Å². The number of rotatable bonds is 2. The molecule has 3 atom stereocenters. The first-order valence-corrected chi connectivity index (χ1v) is 9.67. The van der Waals surface area contributed by atoms with Gasteiger partial charge in [0.15, 0.2) is 9.84 Å². The van der Waals surface area contributed by atoms with Crippen LogP contribution >= 0.6 is 0 Å². The highest BCUT2D eigenvalue weighted by Crippen LogP contribution is 2.29. The molecule has 2 fully saturated rings. The molecule has 114 valence electrons. The molecule has 2 aliphatic heterocycles. The second-order valence-electron chi connectivity index (χ2n) is 6.68. The van der Waals surface area contributed by atoms with Crippen molar-refractivity contribution in [3.05, 3.63) is 11.5 Å². The average Bonchev–Trinajstić information content (AvgIpc) is 2.80. The summed E-state index contributed by atoms with van der Waals surface area (Å²) in [6.45, 7) is 4.17. The first kappa shape index (κ1) is 14.5. The van der Waals surface area contributed by atoms with Gasteiger partial charge in [0.2, 0.25) is 0 Å². The van der Waals surface area contributed by atoms with Gasteiger partial charge in [0, 0.05) is 36.6 Å². The van der Waals surface area contributed by atoms with E-state index in [0.717, 1.165) is 19.0 Å². The van der Waals surface area contributed by atoms with Gasteiger partial charge in [0.25, 0.3) is 0 Å². The number of nitrogens with zero attached hydrogens (tertiary/aromatic N) is 1. The Bertz CT molecular complexity index is 468. The Morgan fingerprint density at radius 1 is 1.20 bits per heavy atom. The fourth-order valence-electron chi connectivity index (χ4n) is 3.99. The van der Waals surface area contributed by atoms with Crippen LogP contribution in [-0.2, 0) is 9.84 Å². The summed E-state index contributed by atoms with van der Waals surface area (Å²) in [5, 5.41) is 5.10. The van der Waals surface area contributed by atoms with E-state index in [0.29, 0.717) is 12.1 Å². The molecule has 20 heavy (non-hydrogen) atoms. The zero-order valence-electron chi connectivity index (χ0n) is 12.3. The van der Waals surface area contributed by atoms with Crippen molar-refractivity contribution in [3.8, 4) is 0 Å². The summed E-state index contributed by atoms with van der Waals surface area (Å²) < 4.78 is 23.3. The van der Waals surface area contributed by atoms with Gasteiger partial charge in [-0.15, -0.1) is 0 Å². The lowest BCUT2D eigenvalue weighted by Crippen LogP contribution is -2.60. The van der Waals surface area contributed by atoms with Gasteiger partial charge in [-0.05, 0) is 25.7 Å². The standard InChI is InChI=1S/C15H26N2O2S/c1-12-9-16-15(13-5-3-2-4-6-13)10-17(12)14-7-8-20(18,19)11-14/h7-8,12-16H,2-6,9-11H2,1H3. The molecule has 1 N–H and O–H groups in total. The largest absolute Gasteiger partial charge is 0.311 e. The van der Waals surface area contributed by atoms with Crippen molar-refractivity contribution in [2.45, 2.75) is 57.2 Å². The van der Waals surface area contributed by atoms with Gasteiger partial charge >= 0.3 is 0 Å². The second kappa shape index (κ2) is 5.78. The predicted octanol–water partition coefficient (Wildman–Crippen LogP) is 1.54. The van der Waals surface area contributed by atoms with Gasteiger partial charge in [0.05, 0.1) is 5.75 Å². The Kier molecular flexibility index (Phi) is 4.20. The maximum absolute atomic E-state index is 11.6. The number of hydrogen-bond donors (Lipinski definition) is 1.